The van der Waals surface area contributed by atoms with Gasteiger partial charge in [-0.15, -0.1) is 0 Å². The number of sulfone groups is 1. The number of rotatable bonds is 6. The molecule has 1 atom stereocenters. The molecular formula is C25H23F2N3O5S. The van der Waals surface area contributed by atoms with Crippen LogP contribution >= 0.6 is 0 Å². The number of hydrogen-bond acceptors (Lipinski definition) is 6. The molecule has 188 valence electrons. The molecule has 3 N–H and O–H groups in total. The Morgan fingerprint density at radius 1 is 1.06 bits per heavy atom. The van der Waals surface area contributed by atoms with Crippen LogP contribution in [-0.4, -0.2) is 44.3 Å². The monoisotopic (exact) mass is 515 g/mol. The number of hydrogen-bond donors (Lipinski definition) is 3. The maximum Gasteiger partial charge on any atom is 0.277 e. The van der Waals surface area contributed by atoms with E-state index >= 15 is 4.39 Å². The molecule has 0 saturated carbocycles. The largest absolute Gasteiger partial charge is 0.374 e. The fraction of sp³-hybridized carbons (Fsp3) is 0.200. The van der Waals surface area contributed by atoms with E-state index in [0.29, 0.717) is 24.0 Å². The first-order valence-electron chi connectivity index (χ1n) is 11.0. The molecule has 3 aromatic rings. The Labute approximate surface area is 206 Å². The quantitative estimate of drug-likeness (QED) is 0.340. The third-order valence-corrected chi connectivity index (χ3v) is 7.08. The third-order valence-electron chi connectivity index (χ3n) is 5.93. The molecule has 8 nitrogen and oxygen atoms in total. The van der Waals surface area contributed by atoms with E-state index in [0.717, 1.165) is 12.3 Å². The van der Waals surface area contributed by atoms with Crippen molar-refractivity contribution in [1.82, 2.24) is 5.48 Å². The Kier molecular flexibility index (Phi) is 7.04. The van der Waals surface area contributed by atoms with Crippen molar-refractivity contribution in [3.8, 4) is 11.1 Å². The summed E-state index contributed by atoms with van der Waals surface area (Å²) in [6.07, 6.45) is 2.05. The van der Waals surface area contributed by atoms with Gasteiger partial charge in [0.1, 0.15) is 17.7 Å². The zero-order valence-electron chi connectivity index (χ0n) is 19.2. The highest BCUT2D eigenvalue weighted by Crippen LogP contribution is 2.32. The number of carbonyl (C=O) groups is 2. The minimum atomic E-state index is -3.54. The summed E-state index contributed by atoms with van der Waals surface area (Å²) in [4.78, 5) is 26.2. The number of piperidine rings is 1. The molecule has 0 aliphatic carbocycles. The SMILES string of the molecule is CS(=O)(=O)c1ccccc1-c1ccc(N2CCCC(Nc3ccc(F)c(C(=O)NO)c3)C2=O)c(F)c1. The van der Waals surface area contributed by atoms with Crippen LogP contribution in [0.25, 0.3) is 11.1 Å². The zero-order chi connectivity index (χ0) is 26.0. The van der Waals surface area contributed by atoms with Crippen LogP contribution in [0.3, 0.4) is 0 Å². The normalized spacial score (nSPS) is 16.1. The number of carbonyl (C=O) groups excluding carboxylic acids is 2. The number of hydroxylamine groups is 1. The maximum absolute atomic E-state index is 15.2. The van der Waals surface area contributed by atoms with Crippen molar-refractivity contribution in [3.05, 3.63) is 77.9 Å². The zero-order valence-corrected chi connectivity index (χ0v) is 20.0. The fourth-order valence-corrected chi connectivity index (χ4v) is 5.13. The highest BCUT2D eigenvalue weighted by Gasteiger charge is 2.31. The summed E-state index contributed by atoms with van der Waals surface area (Å²) in [5, 5.41) is 11.7. The van der Waals surface area contributed by atoms with Gasteiger partial charge in [0.05, 0.1) is 16.1 Å². The van der Waals surface area contributed by atoms with Crippen molar-refractivity contribution in [1.29, 1.82) is 0 Å². The molecular weight excluding hydrogens is 492 g/mol. The predicted molar refractivity (Wildman–Crippen MR) is 130 cm³/mol. The first-order valence-corrected chi connectivity index (χ1v) is 12.9. The molecule has 1 fully saturated rings. The summed E-state index contributed by atoms with van der Waals surface area (Å²) >= 11 is 0. The van der Waals surface area contributed by atoms with Crippen molar-refractivity contribution in [2.45, 2.75) is 23.8 Å². The van der Waals surface area contributed by atoms with E-state index in [9.17, 15) is 22.4 Å². The Morgan fingerprint density at radius 3 is 2.50 bits per heavy atom. The summed E-state index contributed by atoms with van der Waals surface area (Å²) in [7, 11) is -3.54. The lowest BCUT2D eigenvalue weighted by molar-refractivity contribution is -0.120. The fourth-order valence-electron chi connectivity index (χ4n) is 4.22. The van der Waals surface area contributed by atoms with E-state index < -0.39 is 44.9 Å². The summed E-state index contributed by atoms with van der Waals surface area (Å²) in [6, 6.07) is 13.3. The van der Waals surface area contributed by atoms with E-state index in [1.165, 1.54) is 40.7 Å². The highest BCUT2D eigenvalue weighted by molar-refractivity contribution is 7.90. The lowest BCUT2D eigenvalue weighted by atomic mass is 10.0. The molecule has 4 rings (SSSR count). The molecule has 0 aromatic heterocycles. The van der Waals surface area contributed by atoms with E-state index in [1.807, 2.05) is 0 Å². The Hall–Kier alpha value is -3.83. The second-order valence-corrected chi connectivity index (χ2v) is 10.4. The van der Waals surface area contributed by atoms with Crippen molar-refractivity contribution in [2.75, 3.05) is 23.0 Å². The number of nitrogens with zero attached hydrogens (tertiary/aromatic N) is 1. The number of benzene rings is 3. The Bertz CT molecular complexity index is 1450. The predicted octanol–water partition coefficient (Wildman–Crippen LogP) is 3.76. The van der Waals surface area contributed by atoms with E-state index in [1.54, 1.807) is 24.3 Å². The molecule has 1 unspecified atom stereocenters. The first-order chi connectivity index (χ1) is 17.1. The van der Waals surface area contributed by atoms with Crippen LogP contribution in [0, 0.1) is 11.6 Å². The van der Waals surface area contributed by atoms with E-state index in [2.05, 4.69) is 5.32 Å². The maximum atomic E-state index is 15.2. The van der Waals surface area contributed by atoms with Gasteiger partial charge in [-0.05, 0) is 54.8 Å². The third kappa shape index (κ3) is 5.07. The smallest absolute Gasteiger partial charge is 0.277 e. The average molecular weight is 516 g/mol. The van der Waals surface area contributed by atoms with Gasteiger partial charge in [0, 0.05) is 24.1 Å². The van der Waals surface area contributed by atoms with Crippen LogP contribution in [-0.2, 0) is 14.6 Å². The van der Waals surface area contributed by atoms with Gasteiger partial charge in [0.25, 0.3) is 5.91 Å². The Morgan fingerprint density at radius 2 is 1.81 bits per heavy atom. The minimum Gasteiger partial charge on any atom is -0.374 e. The molecule has 1 heterocycles. The lowest BCUT2D eigenvalue weighted by Crippen LogP contribution is -2.48. The molecule has 1 aliphatic rings. The van der Waals surface area contributed by atoms with E-state index in [4.69, 9.17) is 5.21 Å². The Balaban J connectivity index is 1.59. The van der Waals surface area contributed by atoms with Gasteiger partial charge in [-0.25, -0.2) is 22.7 Å². The second kappa shape index (κ2) is 10.0. The number of amides is 2. The molecule has 0 radical (unpaired) electrons. The molecule has 11 heteroatoms. The van der Waals surface area contributed by atoms with Crippen LogP contribution in [0.1, 0.15) is 23.2 Å². The molecule has 36 heavy (non-hydrogen) atoms. The van der Waals surface area contributed by atoms with Crippen LogP contribution < -0.4 is 15.7 Å². The van der Waals surface area contributed by atoms with Gasteiger partial charge < -0.3 is 10.2 Å². The van der Waals surface area contributed by atoms with Gasteiger partial charge in [-0.1, -0.05) is 24.3 Å². The molecule has 1 aliphatic heterocycles. The number of halogens is 2. The van der Waals surface area contributed by atoms with Crippen LogP contribution in [0.5, 0.6) is 0 Å². The van der Waals surface area contributed by atoms with Gasteiger partial charge in [-0.3, -0.25) is 14.8 Å². The molecule has 0 spiro atoms. The second-order valence-electron chi connectivity index (χ2n) is 8.40. The highest BCUT2D eigenvalue weighted by atomic mass is 32.2. The van der Waals surface area contributed by atoms with Crippen LogP contribution in [0.4, 0.5) is 20.2 Å². The molecule has 2 amide bonds. The van der Waals surface area contributed by atoms with E-state index in [-0.39, 0.29) is 22.8 Å². The summed E-state index contributed by atoms with van der Waals surface area (Å²) in [6.45, 7) is 0.273. The molecule has 0 bridgehead atoms. The average Bonchev–Trinajstić information content (AvgIpc) is 2.85. The topological polar surface area (TPSA) is 116 Å². The van der Waals surface area contributed by atoms with Crippen molar-refractivity contribution in [2.24, 2.45) is 0 Å². The van der Waals surface area contributed by atoms with Crippen molar-refractivity contribution >= 4 is 33.0 Å². The number of nitrogens with one attached hydrogen (secondary N) is 2. The van der Waals surface area contributed by atoms with Gasteiger partial charge in [0.15, 0.2) is 9.84 Å². The minimum absolute atomic E-state index is 0.0477. The molecule has 1 saturated heterocycles. The standard InChI is InChI=1S/C25H23F2N3O5S/c1-36(34,35)23-7-3-2-5-17(23)15-8-11-22(20(27)13-15)30-12-4-6-21(25(30)32)28-16-9-10-19(26)18(14-16)24(31)29-33/h2-3,5,7-11,13-14,21,28,33H,4,6,12H2,1H3,(H,29,31). The molecule has 3 aromatic carbocycles. The van der Waals surface area contributed by atoms with Crippen molar-refractivity contribution < 1.29 is 32.0 Å². The van der Waals surface area contributed by atoms with Crippen LogP contribution in [0.15, 0.2) is 65.6 Å². The first kappa shape index (κ1) is 25.3. The summed E-state index contributed by atoms with van der Waals surface area (Å²) < 4.78 is 53.4. The van der Waals surface area contributed by atoms with Gasteiger partial charge >= 0.3 is 0 Å². The summed E-state index contributed by atoms with van der Waals surface area (Å²) in [5.74, 6) is -2.98. The van der Waals surface area contributed by atoms with Crippen LogP contribution in [0.2, 0.25) is 0 Å². The van der Waals surface area contributed by atoms with Crippen molar-refractivity contribution in [3.63, 3.8) is 0 Å². The summed E-state index contributed by atoms with van der Waals surface area (Å²) in [5.41, 5.74) is 2.01. The van der Waals surface area contributed by atoms with Gasteiger partial charge in [0.2, 0.25) is 5.91 Å². The lowest BCUT2D eigenvalue weighted by Gasteiger charge is -2.33. The number of anilines is 2. The van der Waals surface area contributed by atoms with Gasteiger partial charge in [-0.2, -0.15) is 0 Å².